The number of ether oxygens (including phenoxy) is 1. The van der Waals surface area contributed by atoms with Gasteiger partial charge in [0.1, 0.15) is 0 Å². The van der Waals surface area contributed by atoms with Crippen LogP contribution in [0.25, 0.3) is 0 Å². The van der Waals surface area contributed by atoms with Crippen molar-refractivity contribution in [3.05, 3.63) is 0 Å². The van der Waals surface area contributed by atoms with E-state index in [1.165, 1.54) is 0 Å². The molecule has 2 fully saturated rings. The van der Waals surface area contributed by atoms with E-state index in [4.69, 9.17) is 4.74 Å². The number of rotatable bonds is 2. The smallest absolute Gasteiger partial charge is 0.306 e. The average molecular weight is 183 g/mol. The van der Waals surface area contributed by atoms with Crippen molar-refractivity contribution < 1.29 is 14.3 Å². The summed E-state index contributed by atoms with van der Waals surface area (Å²) in [5.74, 6) is -0.181. The maximum Gasteiger partial charge on any atom is 0.306 e. The van der Waals surface area contributed by atoms with Crippen molar-refractivity contribution in [1.29, 1.82) is 0 Å². The molecule has 4 heteroatoms. The lowest BCUT2D eigenvalue weighted by Gasteiger charge is -2.13. The Kier molecular flexibility index (Phi) is 2.31. The third-order valence-corrected chi connectivity index (χ3v) is 2.61. The lowest BCUT2D eigenvalue weighted by molar-refractivity contribution is -0.147. The van der Waals surface area contributed by atoms with Crippen LogP contribution in [-0.2, 0) is 14.3 Å². The van der Waals surface area contributed by atoms with Gasteiger partial charge in [-0.2, -0.15) is 0 Å². The molecule has 0 bridgehead atoms. The van der Waals surface area contributed by atoms with Crippen LogP contribution in [0.1, 0.15) is 25.7 Å². The SMILES string of the molecule is O=C1CCC(C(=O)C2CCCN2)O1. The maximum absolute atomic E-state index is 11.7. The Morgan fingerprint density at radius 3 is 2.85 bits per heavy atom. The minimum Gasteiger partial charge on any atom is -0.454 e. The second-order valence-corrected chi connectivity index (χ2v) is 3.57. The molecule has 0 spiro atoms. The van der Waals surface area contributed by atoms with Gasteiger partial charge >= 0.3 is 5.97 Å². The molecule has 1 N–H and O–H groups in total. The van der Waals surface area contributed by atoms with E-state index < -0.39 is 6.10 Å². The highest BCUT2D eigenvalue weighted by Gasteiger charge is 2.35. The van der Waals surface area contributed by atoms with Crippen molar-refractivity contribution in [2.45, 2.75) is 37.8 Å². The second kappa shape index (κ2) is 3.46. The molecule has 13 heavy (non-hydrogen) atoms. The third-order valence-electron chi connectivity index (χ3n) is 2.61. The van der Waals surface area contributed by atoms with E-state index in [1.807, 2.05) is 0 Å². The molecule has 0 aromatic heterocycles. The second-order valence-electron chi connectivity index (χ2n) is 3.57. The van der Waals surface area contributed by atoms with Gasteiger partial charge in [-0.05, 0) is 19.4 Å². The van der Waals surface area contributed by atoms with Crippen LogP contribution in [0.4, 0.5) is 0 Å². The summed E-state index contributed by atoms with van der Waals surface area (Å²) in [4.78, 5) is 22.4. The third kappa shape index (κ3) is 1.72. The first-order valence-electron chi connectivity index (χ1n) is 4.74. The van der Waals surface area contributed by atoms with E-state index in [9.17, 15) is 9.59 Å². The summed E-state index contributed by atoms with van der Waals surface area (Å²) in [6.07, 6.45) is 2.41. The molecule has 0 radical (unpaired) electrons. The quantitative estimate of drug-likeness (QED) is 0.613. The van der Waals surface area contributed by atoms with Gasteiger partial charge in [0.2, 0.25) is 0 Å². The van der Waals surface area contributed by atoms with Crippen molar-refractivity contribution in [2.75, 3.05) is 6.54 Å². The summed E-state index contributed by atoms with van der Waals surface area (Å²) in [6, 6.07) is -0.0732. The predicted octanol–water partition coefficient (Wildman–Crippen LogP) is 0.0131. The lowest BCUT2D eigenvalue weighted by atomic mass is 10.0. The zero-order chi connectivity index (χ0) is 9.26. The molecule has 2 saturated heterocycles. The fraction of sp³-hybridized carbons (Fsp3) is 0.778. The van der Waals surface area contributed by atoms with Gasteiger partial charge in [0.25, 0.3) is 0 Å². The van der Waals surface area contributed by atoms with Crippen molar-refractivity contribution >= 4 is 11.8 Å². The molecule has 2 heterocycles. The first kappa shape index (κ1) is 8.69. The van der Waals surface area contributed by atoms with Crippen molar-refractivity contribution in [3.8, 4) is 0 Å². The molecule has 2 rings (SSSR count). The predicted molar refractivity (Wildman–Crippen MR) is 45.1 cm³/mol. The minimum absolute atomic E-state index is 0.0587. The summed E-state index contributed by atoms with van der Waals surface area (Å²) < 4.78 is 4.91. The fourth-order valence-electron chi connectivity index (χ4n) is 1.88. The number of hydrogen-bond donors (Lipinski definition) is 1. The van der Waals surface area contributed by atoms with Crippen molar-refractivity contribution in [3.63, 3.8) is 0 Å². The molecular weight excluding hydrogens is 170 g/mol. The zero-order valence-corrected chi connectivity index (χ0v) is 7.41. The van der Waals surface area contributed by atoms with Crippen LogP contribution in [0.2, 0.25) is 0 Å². The van der Waals surface area contributed by atoms with Gasteiger partial charge < -0.3 is 10.1 Å². The Bertz CT molecular complexity index is 233. The first-order valence-corrected chi connectivity index (χ1v) is 4.74. The summed E-state index contributed by atoms with van der Waals surface area (Å²) >= 11 is 0. The van der Waals surface area contributed by atoms with Gasteiger partial charge in [0, 0.05) is 12.8 Å². The van der Waals surface area contributed by atoms with Gasteiger partial charge in [-0.15, -0.1) is 0 Å². The number of carbonyl (C=O) groups is 2. The Balaban J connectivity index is 1.92. The number of carbonyl (C=O) groups excluding carboxylic acids is 2. The molecule has 0 amide bonds. The van der Waals surface area contributed by atoms with Crippen LogP contribution in [0.5, 0.6) is 0 Å². The highest BCUT2D eigenvalue weighted by atomic mass is 16.6. The zero-order valence-electron chi connectivity index (χ0n) is 7.41. The van der Waals surface area contributed by atoms with Crippen molar-refractivity contribution in [1.82, 2.24) is 5.32 Å². The van der Waals surface area contributed by atoms with Gasteiger partial charge in [-0.25, -0.2) is 0 Å². The summed E-state index contributed by atoms with van der Waals surface area (Å²) in [5.41, 5.74) is 0. The van der Waals surface area contributed by atoms with Crippen LogP contribution in [-0.4, -0.2) is 30.4 Å². The lowest BCUT2D eigenvalue weighted by Crippen LogP contribution is -2.38. The molecule has 0 aliphatic carbocycles. The molecule has 0 saturated carbocycles. The van der Waals surface area contributed by atoms with Crippen molar-refractivity contribution in [2.24, 2.45) is 0 Å². The van der Waals surface area contributed by atoms with E-state index in [2.05, 4.69) is 5.32 Å². The van der Waals surface area contributed by atoms with Crippen LogP contribution in [0.3, 0.4) is 0 Å². The summed E-state index contributed by atoms with van der Waals surface area (Å²) in [6.45, 7) is 0.900. The Morgan fingerprint density at radius 1 is 1.46 bits per heavy atom. The molecular formula is C9H13NO3. The van der Waals surface area contributed by atoms with Gasteiger partial charge in [0.15, 0.2) is 11.9 Å². The maximum atomic E-state index is 11.7. The molecule has 4 nitrogen and oxygen atoms in total. The number of hydrogen-bond acceptors (Lipinski definition) is 4. The van der Waals surface area contributed by atoms with Gasteiger partial charge in [-0.3, -0.25) is 9.59 Å². The Hall–Kier alpha value is -0.900. The molecule has 0 aromatic carbocycles. The number of ketones is 1. The standard InChI is InChI=1S/C9H13NO3/c11-8-4-3-7(13-8)9(12)6-2-1-5-10-6/h6-7,10H,1-5H2. The van der Waals surface area contributed by atoms with Crippen LogP contribution in [0, 0.1) is 0 Å². The normalized spacial score (nSPS) is 33.4. The average Bonchev–Trinajstić information content (AvgIpc) is 2.72. The largest absolute Gasteiger partial charge is 0.454 e. The molecule has 2 unspecified atom stereocenters. The molecule has 2 atom stereocenters. The summed E-state index contributed by atoms with van der Waals surface area (Å²) in [5, 5.41) is 3.11. The van der Waals surface area contributed by atoms with Gasteiger partial charge in [-0.1, -0.05) is 0 Å². The fourth-order valence-corrected chi connectivity index (χ4v) is 1.88. The summed E-state index contributed by atoms with van der Waals surface area (Å²) in [7, 11) is 0. The van der Waals surface area contributed by atoms with E-state index in [1.54, 1.807) is 0 Å². The van der Waals surface area contributed by atoms with Crippen LogP contribution in [0.15, 0.2) is 0 Å². The van der Waals surface area contributed by atoms with E-state index in [0.29, 0.717) is 12.8 Å². The molecule has 0 aromatic rings. The van der Waals surface area contributed by atoms with E-state index in [-0.39, 0.29) is 17.8 Å². The van der Waals surface area contributed by atoms with E-state index in [0.717, 1.165) is 19.4 Å². The van der Waals surface area contributed by atoms with E-state index >= 15 is 0 Å². The van der Waals surface area contributed by atoms with Crippen LogP contribution >= 0.6 is 0 Å². The monoisotopic (exact) mass is 183 g/mol. The number of Topliss-reactive ketones (excluding diaryl/α,β-unsaturated/α-hetero) is 1. The highest BCUT2D eigenvalue weighted by molar-refractivity contribution is 5.92. The molecule has 2 aliphatic rings. The topological polar surface area (TPSA) is 55.4 Å². The number of nitrogens with one attached hydrogen (secondary N) is 1. The molecule has 2 aliphatic heterocycles. The minimum atomic E-state index is -0.469. The van der Waals surface area contributed by atoms with Gasteiger partial charge in [0.05, 0.1) is 6.04 Å². The van der Waals surface area contributed by atoms with Crippen LogP contribution < -0.4 is 5.32 Å². The Labute approximate surface area is 76.6 Å². The Morgan fingerprint density at radius 2 is 2.31 bits per heavy atom. The number of esters is 1. The highest BCUT2D eigenvalue weighted by Crippen LogP contribution is 2.18. The number of cyclic esters (lactones) is 1. The molecule has 72 valence electrons. The first-order chi connectivity index (χ1) is 6.27.